The first kappa shape index (κ1) is 13.2. The third-order valence-corrected chi connectivity index (χ3v) is 6.93. The molecule has 0 rings (SSSR count). The molecule has 0 spiro atoms. The molecule has 0 saturated carbocycles. The van der Waals surface area contributed by atoms with E-state index in [4.69, 9.17) is 34.8 Å². The van der Waals surface area contributed by atoms with Crippen LogP contribution in [0, 0.1) is 0 Å². The van der Waals surface area contributed by atoms with Gasteiger partial charge in [0.05, 0.1) is 0 Å². The van der Waals surface area contributed by atoms with Gasteiger partial charge in [0.1, 0.15) is 0 Å². The van der Waals surface area contributed by atoms with Gasteiger partial charge in [-0.05, 0) is 0 Å². The summed E-state index contributed by atoms with van der Waals surface area (Å²) in [5.74, 6) is 0.704. The van der Waals surface area contributed by atoms with Crippen molar-refractivity contribution >= 4 is 41.9 Å². The van der Waals surface area contributed by atoms with Crippen LogP contribution in [-0.2, 0) is 0 Å². The summed E-state index contributed by atoms with van der Waals surface area (Å²) in [6.45, 7) is 0. The number of alkyl halides is 3. The second-order valence-corrected chi connectivity index (χ2v) is 8.54. The molecule has 0 unspecified atom stereocenters. The van der Waals surface area contributed by atoms with Gasteiger partial charge in [-0.15, -0.1) is 0 Å². The molecule has 0 heterocycles. The molecule has 0 saturated heterocycles. The van der Waals surface area contributed by atoms with Crippen LogP contribution >= 0.6 is 41.9 Å². The fourth-order valence-corrected chi connectivity index (χ4v) is 6.27. The molecule has 0 aliphatic rings. The van der Waals surface area contributed by atoms with Crippen LogP contribution in [-0.4, -0.2) is 45.9 Å². The van der Waals surface area contributed by atoms with E-state index in [0.717, 1.165) is 0 Å². The molecule has 0 aromatic rings. The van der Waals surface area contributed by atoms with Crippen molar-refractivity contribution in [1.29, 1.82) is 0 Å². The molecule has 2 N–H and O–H groups in total. The van der Waals surface area contributed by atoms with Crippen molar-refractivity contribution in [3.8, 4) is 0 Å². The molecule has 0 atom stereocenters. The summed E-state index contributed by atoms with van der Waals surface area (Å²) in [6.07, 6.45) is 0.645. The Kier molecular flexibility index (Phi) is 5.72. The Labute approximate surface area is 87.9 Å². The summed E-state index contributed by atoms with van der Waals surface area (Å²) >= 11 is 16.4. The van der Waals surface area contributed by atoms with Crippen molar-refractivity contribution in [2.45, 2.75) is 0 Å². The summed E-state index contributed by atoms with van der Waals surface area (Å²) in [4.78, 5) is 19.8. The van der Waals surface area contributed by atoms with Crippen LogP contribution < -0.4 is 0 Å². The van der Waals surface area contributed by atoms with Crippen LogP contribution in [0.4, 0.5) is 0 Å². The SMILES string of the molecule is OP(O)(CCCl)(CCCl)CCCl. The first-order chi connectivity index (χ1) is 5.46. The third-order valence-electron chi connectivity index (χ3n) is 1.80. The Hall–Kier alpha value is 1.22. The van der Waals surface area contributed by atoms with Gasteiger partial charge in [0.15, 0.2) is 0 Å². The maximum atomic E-state index is 9.91. The summed E-state index contributed by atoms with van der Waals surface area (Å²) in [5.41, 5.74) is 0. The molecule has 0 aliphatic carbocycles. The number of hydrogen-bond acceptors (Lipinski definition) is 2. The predicted octanol–water partition coefficient (Wildman–Crippen LogP) is 2.07. The molecule has 0 aromatic heterocycles. The molecule has 0 aliphatic heterocycles. The zero-order valence-electron chi connectivity index (χ0n) is 6.72. The monoisotopic (exact) mass is 254 g/mol. The summed E-state index contributed by atoms with van der Waals surface area (Å²) in [7, 11) is -3.61. The normalized spacial score (nSPS) is 15.6. The van der Waals surface area contributed by atoms with Crippen molar-refractivity contribution in [2.24, 2.45) is 0 Å². The molecule has 12 heavy (non-hydrogen) atoms. The molecule has 0 fully saturated rings. The average molecular weight is 256 g/mol. The van der Waals surface area contributed by atoms with Crippen LogP contribution in [0.1, 0.15) is 0 Å². The van der Waals surface area contributed by atoms with E-state index in [2.05, 4.69) is 0 Å². The Balaban J connectivity index is 4.31. The Morgan fingerprint density at radius 1 is 0.750 bits per heavy atom. The van der Waals surface area contributed by atoms with E-state index in [1.807, 2.05) is 0 Å². The fourth-order valence-electron chi connectivity index (χ4n) is 0.921. The molecule has 0 bridgehead atoms. The van der Waals surface area contributed by atoms with Gasteiger partial charge in [-0.1, -0.05) is 0 Å². The first-order valence-corrected chi connectivity index (χ1v) is 7.95. The van der Waals surface area contributed by atoms with E-state index in [0.29, 0.717) is 0 Å². The predicted molar refractivity (Wildman–Crippen MR) is 58.1 cm³/mol. The van der Waals surface area contributed by atoms with Crippen LogP contribution in [0.5, 0.6) is 0 Å². The van der Waals surface area contributed by atoms with Gasteiger partial charge in [0.2, 0.25) is 0 Å². The fraction of sp³-hybridized carbons (Fsp3) is 1.00. The topological polar surface area (TPSA) is 40.5 Å². The summed E-state index contributed by atoms with van der Waals surface area (Å²) in [5, 5.41) is 0. The van der Waals surface area contributed by atoms with E-state index in [1.54, 1.807) is 0 Å². The Morgan fingerprint density at radius 2 is 1.00 bits per heavy atom. The van der Waals surface area contributed by atoms with Crippen LogP contribution in [0.15, 0.2) is 0 Å². The van der Waals surface area contributed by atoms with Crippen molar-refractivity contribution in [1.82, 2.24) is 0 Å². The van der Waals surface area contributed by atoms with Crippen molar-refractivity contribution in [3.63, 3.8) is 0 Å². The minimum atomic E-state index is -3.61. The Morgan fingerprint density at radius 3 is 1.17 bits per heavy atom. The minimum absolute atomic E-state index is 0.215. The van der Waals surface area contributed by atoms with Crippen LogP contribution in [0.3, 0.4) is 0 Å². The second kappa shape index (κ2) is 5.19. The molecule has 0 radical (unpaired) electrons. The van der Waals surface area contributed by atoms with Crippen LogP contribution in [0.25, 0.3) is 0 Å². The summed E-state index contributed by atoms with van der Waals surface area (Å²) < 4.78 is 0. The second-order valence-electron chi connectivity index (χ2n) is 2.85. The van der Waals surface area contributed by atoms with Gasteiger partial charge >= 0.3 is 87.8 Å². The van der Waals surface area contributed by atoms with Gasteiger partial charge in [-0.25, -0.2) is 0 Å². The van der Waals surface area contributed by atoms with E-state index in [1.165, 1.54) is 0 Å². The van der Waals surface area contributed by atoms with E-state index >= 15 is 0 Å². The zero-order valence-corrected chi connectivity index (χ0v) is 9.88. The molecule has 0 aromatic carbocycles. The van der Waals surface area contributed by atoms with Gasteiger partial charge in [0, 0.05) is 0 Å². The summed E-state index contributed by atoms with van der Waals surface area (Å²) in [6, 6.07) is 0. The molecule has 2 nitrogen and oxygen atoms in total. The van der Waals surface area contributed by atoms with E-state index < -0.39 is 7.06 Å². The van der Waals surface area contributed by atoms with Gasteiger partial charge in [-0.2, -0.15) is 0 Å². The number of rotatable bonds is 6. The maximum absolute atomic E-state index is 9.91. The van der Waals surface area contributed by atoms with Crippen molar-refractivity contribution in [3.05, 3.63) is 0 Å². The van der Waals surface area contributed by atoms with E-state index in [-0.39, 0.29) is 36.1 Å². The number of hydrogen-bond donors (Lipinski definition) is 2. The van der Waals surface area contributed by atoms with Gasteiger partial charge in [0.25, 0.3) is 0 Å². The molecule has 6 heteroatoms. The average Bonchev–Trinajstić information content (AvgIpc) is 1.86. The van der Waals surface area contributed by atoms with Gasteiger partial charge < -0.3 is 0 Å². The standard InChI is InChI=1S/C6H14Cl3O2P/c7-1-4-12(10,11,5-2-8)6-3-9/h10-11H,1-6H2. The number of halogens is 3. The quantitative estimate of drug-likeness (QED) is 0.563. The van der Waals surface area contributed by atoms with E-state index in [9.17, 15) is 9.79 Å². The molecule has 76 valence electrons. The molecular formula is C6H14Cl3O2P. The van der Waals surface area contributed by atoms with Gasteiger partial charge in [-0.3, -0.25) is 0 Å². The first-order valence-electron chi connectivity index (χ1n) is 3.65. The molecule has 0 amide bonds. The third kappa shape index (κ3) is 4.45. The van der Waals surface area contributed by atoms with Crippen molar-refractivity contribution in [2.75, 3.05) is 36.1 Å². The Bertz CT molecular complexity index is 119. The van der Waals surface area contributed by atoms with Crippen LogP contribution in [0.2, 0.25) is 0 Å². The van der Waals surface area contributed by atoms with Crippen molar-refractivity contribution < 1.29 is 9.79 Å². The zero-order chi connectivity index (χ0) is 9.69. The molecular weight excluding hydrogens is 241 g/mol.